The van der Waals surface area contributed by atoms with Crippen LogP contribution < -0.4 is 15.4 Å². The van der Waals surface area contributed by atoms with Gasteiger partial charge in [-0.25, -0.2) is 0 Å². The topological polar surface area (TPSA) is 67.4 Å². The molecule has 120 valence electrons. The number of hydrogen-bond acceptors (Lipinski definition) is 3. The number of aryl methyl sites for hydroxylation is 1. The van der Waals surface area contributed by atoms with Crippen LogP contribution in [0.3, 0.4) is 0 Å². The van der Waals surface area contributed by atoms with E-state index in [4.69, 9.17) is 4.74 Å². The first-order valence-corrected chi connectivity index (χ1v) is 7.77. The average Bonchev–Trinajstić information content (AvgIpc) is 2.49. The van der Waals surface area contributed by atoms with E-state index in [1.165, 1.54) is 7.11 Å². The molecule has 0 aromatic heterocycles. The molecule has 0 spiro atoms. The molecular weight excluding hydrogens is 360 g/mol. The number of nitrogens with one attached hydrogen (secondary N) is 2. The zero-order valence-electron chi connectivity index (χ0n) is 12.9. The van der Waals surface area contributed by atoms with Crippen molar-refractivity contribution in [1.29, 1.82) is 0 Å². The van der Waals surface area contributed by atoms with Gasteiger partial charge in [0.15, 0.2) is 0 Å². The molecule has 0 unspecified atom stereocenters. The van der Waals surface area contributed by atoms with Gasteiger partial charge in [0, 0.05) is 10.2 Å². The smallest absolute Gasteiger partial charge is 0.233 e. The zero-order valence-corrected chi connectivity index (χ0v) is 14.4. The third-order valence-corrected chi connectivity index (χ3v) is 3.61. The maximum absolute atomic E-state index is 12.0. The highest BCUT2D eigenvalue weighted by Crippen LogP contribution is 2.25. The second-order valence-electron chi connectivity index (χ2n) is 4.98. The number of halogens is 1. The highest BCUT2D eigenvalue weighted by molar-refractivity contribution is 9.10. The van der Waals surface area contributed by atoms with Gasteiger partial charge in [-0.3, -0.25) is 9.59 Å². The van der Waals surface area contributed by atoms with Crippen molar-refractivity contribution in [2.24, 2.45) is 0 Å². The van der Waals surface area contributed by atoms with Gasteiger partial charge in [-0.2, -0.15) is 0 Å². The number of amides is 2. The number of hydrogen-bond donors (Lipinski definition) is 2. The fraction of sp³-hybridized carbons (Fsp3) is 0.176. The molecule has 2 rings (SSSR count). The zero-order chi connectivity index (χ0) is 16.8. The van der Waals surface area contributed by atoms with Crippen molar-refractivity contribution in [1.82, 2.24) is 0 Å². The Morgan fingerprint density at radius 1 is 1.04 bits per heavy atom. The number of carbonyl (C=O) groups excluding carboxylic acids is 2. The van der Waals surface area contributed by atoms with Crippen molar-refractivity contribution in [3.8, 4) is 5.75 Å². The normalized spacial score (nSPS) is 10.0. The SMILES string of the molecule is COc1ccc(C)cc1NC(=O)CC(=O)Nc1ccc(Br)cc1. The fourth-order valence-electron chi connectivity index (χ4n) is 2.00. The van der Waals surface area contributed by atoms with E-state index in [2.05, 4.69) is 26.6 Å². The van der Waals surface area contributed by atoms with E-state index < -0.39 is 5.91 Å². The number of benzene rings is 2. The van der Waals surface area contributed by atoms with Crippen LogP contribution in [0.1, 0.15) is 12.0 Å². The van der Waals surface area contributed by atoms with Gasteiger partial charge >= 0.3 is 0 Å². The summed E-state index contributed by atoms with van der Waals surface area (Å²) in [6, 6.07) is 12.6. The van der Waals surface area contributed by atoms with Crippen molar-refractivity contribution >= 4 is 39.1 Å². The molecule has 0 saturated carbocycles. The molecule has 23 heavy (non-hydrogen) atoms. The van der Waals surface area contributed by atoms with Crippen LogP contribution in [0.2, 0.25) is 0 Å². The Bertz CT molecular complexity index is 714. The largest absolute Gasteiger partial charge is 0.495 e. The predicted molar refractivity (Wildman–Crippen MR) is 93.7 cm³/mol. The lowest BCUT2D eigenvalue weighted by Gasteiger charge is -2.11. The molecule has 0 radical (unpaired) electrons. The van der Waals surface area contributed by atoms with Crippen LogP contribution >= 0.6 is 15.9 Å². The third kappa shape index (κ3) is 5.10. The van der Waals surface area contributed by atoms with E-state index in [1.807, 2.05) is 25.1 Å². The molecule has 0 aliphatic heterocycles. The molecule has 0 saturated heterocycles. The summed E-state index contributed by atoms with van der Waals surface area (Å²) < 4.78 is 6.11. The summed E-state index contributed by atoms with van der Waals surface area (Å²) in [4.78, 5) is 23.9. The summed E-state index contributed by atoms with van der Waals surface area (Å²) in [5.41, 5.74) is 2.17. The quantitative estimate of drug-likeness (QED) is 0.781. The minimum Gasteiger partial charge on any atom is -0.495 e. The number of rotatable bonds is 5. The van der Waals surface area contributed by atoms with Gasteiger partial charge < -0.3 is 15.4 Å². The Morgan fingerprint density at radius 3 is 2.35 bits per heavy atom. The van der Waals surface area contributed by atoms with E-state index >= 15 is 0 Å². The van der Waals surface area contributed by atoms with Gasteiger partial charge in [-0.1, -0.05) is 22.0 Å². The number of ether oxygens (including phenoxy) is 1. The minimum absolute atomic E-state index is 0.271. The molecule has 2 N–H and O–H groups in total. The summed E-state index contributed by atoms with van der Waals surface area (Å²) in [5.74, 6) is -0.225. The van der Waals surface area contributed by atoms with E-state index in [0.717, 1.165) is 10.0 Å². The van der Waals surface area contributed by atoms with Gasteiger partial charge in [0.2, 0.25) is 11.8 Å². The van der Waals surface area contributed by atoms with E-state index in [9.17, 15) is 9.59 Å². The minimum atomic E-state index is -0.400. The van der Waals surface area contributed by atoms with E-state index in [-0.39, 0.29) is 12.3 Å². The summed E-state index contributed by atoms with van der Waals surface area (Å²) in [6.07, 6.45) is -0.271. The highest BCUT2D eigenvalue weighted by Gasteiger charge is 2.12. The monoisotopic (exact) mass is 376 g/mol. The maximum atomic E-state index is 12.0. The second-order valence-corrected chi connectivity index (χ2v) is 5.90. The van der Waals surface area contributed by atoms with E-state index in [0.29, 0.717) is 17.1 Å². The lowest BCUT2D eigenvalue weighted by Crippen LogP contribution is -2.21. The Balaban J connectivity index is 1.95. The highest BCUT2D eigenvalue weighted by atomic mass is 79.9. The number of methoxy groups -OCH3 is 1. The summed E-state index contributed by atoms with van der Waals surface area (Å²) >= 11 is 3.32. The molecule has 0 heterocycles. The Hall–Kier alpha value is -2.34. The molecule has 0 atom stereocenters. The fourth-order valence-corrected chi connectivity index (χ4v) is 2.26. The Kier molecular flexibility index (Phi) is 5.76. The standard InChI is InChI=1S/C17H17BrN2O3/c1-11-3-8-15(23-2)14(9-11)20-17(22)10-16(21)19-13-6-4-12(18)5-7-13/h3-9H,10H2,1-2H3,(H,19,21)(H,20,22). The molecule has 0 bridgehead atoms. The molecule has 0 fully saturated rings. The lowest BCUT2D eigenvalue weighted by molar-refractivity contribution is -0.123. The Labute approximate surface area is 143 Å². The molecule has 5 nitrogen and oxygen atoms in total. The van der Waals surface area contributed by atoms with Crippen molar-refractivity contribution in [3.05, 3.63) is 52.5 Å². The molecule has 0 aliphatic rings. The van der Waals surface area contributed by atoms with Gasteiger partial charge in [-0.15, -0.1) is 0 Å². The van der Waals surface area contributed by atoms with Gasteiger partial charge in [0.25, 0.3) is 0 Å². The van der Waals surface area contributed by atoms with Gasteiger partial charge in [0.05, 0.1) is 12.8 Å². The first-order valence-electron chi connectivity index (χ1n) is 6.98. The maximum Gasteiger partial charge on any atom is 0.233 e. The molecule has 2 aromatic rings. The summed E-state index contributed by atoms with van der Waals surface area (Å²) in [5, 5.41) is 5.37. The van der Waals surface area contributed by atoms with Crippen LogP contribution in [-0.2, 0) is 9.59 Å². The van der Waals surface area contributed by atoms with Crippen LogP contribution in [0.5, 0.6) is 5.75 Å². The van der Waals surface area contributed by atoms with Crippen molar-refractivity contribution < 1.29 is 14.3 Å². The van der Waals surface area contributed by atoms with Crippen molar-refractivity contribution in [3.63, 3.8) is 0 Å². The first kappa shape index (κ1) is 17.0. The predicted octanol–water partition coefficient (Wildman–Crippen LogP) is 3.73. The molecule has 0 aliphatic carbocycles. The van der Waals surface area contributed by atoms with Crippen molar-refractivity contribution in [2.45, 2.75) is 13.3 Å². The van der Waals surface area contributed by atoms with Crippen molar-refractivity contribution in [2.75, 3.05) is 17.7 Å². The second kappa shape index (κ2) is 7.78. The summed E-state index contributed by atoms with van der Waals surface area (Å²) in [7, 11) is 1.53. The Morgan fingerprint density at radius 2 is 1.70 bits per heavy atom. The van der Waals surface area contributed by atoms with Gasteiger partial charge in [-0.05, 0) is 48.9 Å². The number of carbonyl (C=O) groups is 2. The average molecular weight is 377 g/mol. The first-order chi connectivity index (χ1) is 11.0. The van der Waals surface area contributed by atoms with Crippen LogP contribution in [0.4, 0.5) is 11.4 Å². The lowest BCUT2D eigenvalue weighted by atomic mass is 10.2. The summed E-state index contributed by atoms with van der Waals surface area (Å²) in [6.45, 7) is 1.91. The molecule has 2 aromatic carbocycles. The van der Waals surface area contributed by atoms with Crippen LogP contribution in [0.15, 0.2) is 46.9 Å². The van der Waals surface area contributed by atoms with Crippen LogP contribution in [-0.4, -0.2) is 18.9 Å². The van der Waals surface area contributed by atoms with Crippen LogP contribution in [0, 0.1) is 6.92 Å². The third-order valence-electron chi connectivity index (χ3n) is 3.08. The molecular formula is C17H17BrN2O3. The molecule has 2 amide bonds. The number of anilines is 2. The van der Waals surface area contributed by atoms with Gasteiger partial charge in [0.1, 0.15) is 12.2 Å². The van der Waals surface area contributed by atoms with E-state index in [1.54, 1.807) is 24.3 Å². The molecule has 6 heteroatoms. The van der Waals surface area contributed by atoms with Crippen LogP contribution in [0.25, 0.3) is 0 Å².